The van der Waals surface area contributed by atoms with Crippen LogP contribution in [0.5, 0.6) is 0 Å². The van der Waals surface area contributed by atoms with Crippen LogP contribution in [0.1, 0.15) is 33.1 Å². The number of piperidine rings is 1. The summed E-state index contributed by atoms with van der Waals surface area (Å²) in [7, 11) is 0. The van der Waals surface area contributed by atoms with Gasteiger partial charge in [-0.2, -0.15) is 5.10 Å². The van der Waals surface area contributed by atoms with Crippen LogP contribution in [0.25, 0.3) is 21.4 Å². The number of pyridine rings is 1. The minimum atomic E-state index is -0.282. The monoisotopic (exact) mass is 513 g/mol. The Morgan fingerprint density at radius 1 is 1.05 bits per heavy atom. The number of hydrogen-bond donors (Lipinski definition) is 0. The van der Waals surface area contributed by atoms with Crippen molar-refractivity contribution in [1.82, 2.24) is 19.7 Å². The summed E-state index contributed by atoms with van der Waals surface area (Å²) in [6.07, 6.45) is 1.85. The molecule has 1 aliphatic carbocycles. The number of amides is 1. The van der Waals surface area contributed by atoms with Gasteiger partial charge in [-0.25, -0.2) is 9.07 Å². The molecule has 0 N–H and O–H groups in total. The van der Waals surface area contributed by atoms with Crippen LogP contribution in [0, 0.1) is 25.2 Å². The van der Waals surface area contributed by atoms with Gasteiger partial charge in [0, 0.05) is 29.8 Å². The summed E-state index contributed by atoms with van der Waals surface area (Å²) >= 11 is 0. The summed E-state index contributed by atoms with van der Waals surface area (Å²) in [5, 5.41) is 5.62. The van der Waals surface area contributed by atoms with Gasteiger partial charge in [0.1, 0.15) is 5.82 Å². The smallest absolute Gasteiger partial charge is 0.296 e. The third-order valence-corrected chi connectivity index (χ3v) is 8.38. The van der Waals surface area contributed by atoms with Gasteiger partial charge in [0.2, 0.25) is 5.69 Å². The predicted molar refractivity (Wildman–Crippen MR) is 147 cm³/mol. The number of benzene rings is 3. The lowest BCUT2D eigenvalue weighted by Gasteiger charge is -2.25. The number of carbonyl (C=O) groups excluding carboxylic acids is 1. The molecule has 3 atom stereocenters. The molecule has 0 unspecified atom stereocenters. The number of fused-ring (bicyclic) bond motifs is 2. The van der Waals surface area contributed by atoms with Crippen molar-refractivity contribution in [2.24, 2.45) is 5.92 Å². The predicted octanol–water partition coefficient (Wildman–Crippen LogP) is 6.23. The lowest BCUT2D eigenvalue weighted by molar-refractivity contribution is 0.0763. The molecule has 39 heavy (non-hydrogen) atoms. The number of rotatable bonds is 4. The van der Waals surface area contributed by atoms with Gasteiger partial charge in [0.25, 0.3) is 11.7 Å². The molecule has 1 amide bonds. The van der Waals surface area contributed by atoms with E-state index in [1.807, 2.05) is 21.8 Å². The molecule has 0 bridgehead atoms. The number of aromatic nitrogens is 3. The van der Waals surface area contributed by atoms with E-state index >= 15 is 0 Å². The van der Waals surface area contributed by atoms with E-state index in [1.165, 1.54) is 23.3 Å². The van der Waals surface area contributed by atoms with Gasteiger partial charge in [-0.05, 0) is 78.1 Å². The fourth-order valence-electron chi connectivity index (χ4n) is 6.65. The molecule has 5 aromatic rings. The Bertz CT molecular complexity index is 1790. The van der Waals surface area contributed by atoms with Crippen LogP contribution < -0.4 is 0 Å². The fourth-order valence-corrected chi connectivity index (χ4v) is 6.65. The summed E-state index contributed by atoms with van der Waals surface area (Å²) in [5.74, 6) is 0.379. The Hall–Kier alpha value is -4.83. The van der Waals surface area contributed by atoms with Gasteiger partial charge in [-0.15, -0.1) is 4.98 Å². The van der Waals surface area contributed by atoms with Crippen molar-refractivity contribution in [3.05, 3.63) is 131 Å². The first kappa shape index (κ1) is 23.3. The molecule has 1 saturated heterocycles. The summed E-state index contributed by atoms with van der Waals surface area (Å²) in [5.41, 5.74) is 5.50. The molecule has 2 aromatic heterocycles. The van der Waals surface area contributed by atoms with Gasteiger partial charge < -0.3 is 9.74 Å². The second kappa shape index (κ2) is 8.60. The molecule has 7 heteroatoms. The van der Waals surface area contributed by atoms with Gasteiger partial charge in [0.15, 0.2) is 0 Å². The summed E-state index contributed by atoms with van der Waals surface area (Å²) in [6.45, 7) is 10.6. The van der Waals surface area contributed by atoms with E-state index in [4.69, 9.17) is 6.57 Å². The average Bonchev–Trinajstić information content (AvgIpc) is 3.23. The quantitative estimate of drug-likeness (QED) is 0.268. The third kappa shape index (κ3) is 3.56. The fraction of sp³-hybridized carbons (Fsp3) is 0.188. The van der Waals surface area contributed by atoms with Crippen molar-refractivity contribution < 1.29 is 9.18 Å². The highest BCUT2D eigenvalue weighted by molar-refractivity contribution is 5.93. The van der Waals surface area contributed by atoms with Crippen LogP contribution in [0.4, 0.5) is 10.2 Å². The highest BCUT2D eigenvalue weighted by Gasteiger charge is 2.71. The first-order valence-electron chi connectivity index (χ1n) is 12.9. The average molecular weight is 514 g/mol. The van der Waals surface area contributed by atoms with Crippen LogP contribution in [0.2, 0.25) is 0 Å². The van der Waals surface area contributed by atoms with Crippen LogP contribution in [0.15, 0.2) is 91.1 Å². The SMILES string of the molecule is [C-]#[N+]c1cccc(C(=O)N2C[C@@H]3[C@@H](c4ccccc4)[C@]3(c3cc4cnn(-c5ccc(F)cc5)c4cc3C)C2)n1. The third-order valence-electron chi connectivity index (χ3n) is 8.38. The molecule has 3 heterocycles. The van der Waals surface area contributed by atoms with E-state index in [0.29, 0.717) is 24.7 Å². The maximum atomic E-state index is 13.5. The molecule has 2 aliphatic rings. The van der Waals surface area contributed by atoms with Crippen molar-refractivity contribution in [2.75, 3.05) is 13.1 Å². The zero-order chi connectivity index (χ0) is 26.7. The number of aryl methyl sites for hydroxylation is 1. The Kier molecular flexibility index (Phi) is 5.14. The zero-order valence-electron chi connectivity index (χ0n) is 21.3. The van der Waals surface area contributed by atoms with Crippen molar-refractivity contribution in [3.63, 3.8) is 0 Å². The number of nitrogens with zero attached hydrogens (tertiary/aromatic N) is 5. The largest absolute Gasteiger partial charge is 0.361 e. The molecule has 3 aromatic carbocycles. The maximum absolute atomic E-state index is 13.5. The van der Waals surface area contributed by atoms with Crippen LogP contribution in [-0.4, -0.2) is 38.7 Å². The van der Waals surface area contributed by atoms with Crippen LogP contribution in [0.3, 0.4) is 0 Å². The summed E-state index contributed by atoms with van der Waals surface area (Å²) in [4.78, 5) is 23.0. The van der Waals surface area contributed by atoms with Crippen LogP contribution >= 0.6 is 0 Å². The standard InChI is InChI=1S/C32H24FN5O/c1-20-15-28-22(17-35-38(28)24-13-11-23(33)12-14-24)16-25(20)32-19-37(31(39)27-9-6-10-29(34-2)36-27)18-26(32)30(32)21-7-4-3-5-8-21/h3-17,26,30H,18-19H2,1H3/t26-,30-,32+/m1/s1. The van der Waals surface area contributed by atoms with Crippen molar-refractivity contribution in [1.29, 1.82) is 0 Å². The van der Waals surface area contributed by atoms with Crippen molar-refractivity contribution in [3.8, 4) is 5.69 Å². The molecule has 6 nitrogen and oxygen atoms in total. The molecule has 0 radical (unpaired) electrons. The minimum Gasteiger partial charge on any atom is -0.361 e. The van der Waals surface area contributed by atoms with Crippen LogP contribution in [-0.2, 0) is 5.41 Å². The van der Waals surface area contributed by atoms with Crippen molar-refractivity contribution in [2.45, 2.75) is 18.3 Å². The van der Waals surface area contributed by atoms with Gasteiger partial charge in [-0.3, -0.25) is 4.79 Å². The van der Waals surface area contributed by atoms with E-state index in [9.17, 15) is 9.18 Å². The molecular weight excluding hydrogens is 489 g/mol. The number of likely N-dealkylation sites (tertiary alicyclic amines) is 1. The highest BCUT2D eigenvalue weighted by Crippen LogP contribution is 2.69. The lowest BCUT2D eigenvalue weighted by atomic mass is 9.86. The molecular formula is C32H24FN5O. The van der Waals surface area contributed by atoms with E-state index in [1.54, 1.807) is 30.3 Å². The lowest BCUT2D eigenvalue weighted by Crippen LogP contribution is -2.35. The molecule has 190 valence electrons. The number of halogens is 1. The molecule has 1 aliphatic heterocycles. The maximum Gasteiger partial charge on any atom is 0.296 e. The van der Waals surface area contributed by atoms with E-state index in [0.717, 1.165) is 22.2 Å². The molecule has 1 saturated carbocycles. The minimum absolute atomic E-state index is 0.137. The molecule has 0 spiro atoms. The van der Waals surface area contributed by atoms with Crippen molar-refractivity contribution >= 4 is 22.6 Å². The van der Waals surface area contributed by atoms with E-state index in [2.05, 4.69) is 58.2 Å². The van der Waals surface area contributed by atoms with E-state index < -0.39 is 0 Å². The Balaban J connectivity index is 1.30. The Morgan fingerprint density at radius 2 is 1.85 bits per heavy atom. The summed E-state index contributed by atoms with van der Waals surface area (Å²) < 4.78 is 15.4. The topological polar surface area (TPSA) is 55.4 Å². The molecule has 7 rings (SSSR count). The Morgan fingerprint density at radius 3 is 2.62 bits per heavy atom. The first-order chi connectivity index (χ1) is 19.0. The molecule has 2 fully saturated rings. The highest BCUT2D eigenvalue weighted by atomic mass is 19.1. The number of hydrogen-bond acceptors (Lipinski definition) is 3. The second-order valence-electron chi connectivity index (χ2n) is 10.5. The summed E-state index contributed by atoms with van der Waals surface area (Å²) in [6, 6.07) is 26.2. The normalized spacial score (nSPS) is 21.5. The van der Waals surface area contributed by atoms with Gasteiger partial charge in [-0.1, -0.05) is 43.0 Å². The first-order valence-corrected chi connectivity index (χ1v) is 12.9. The Labute approximate surface area is 225 Å². The van der Waals surface area contributed by atoms with Gasteiger partial charge in [0.05, 0.1) is 17.4 Å². The zero-order valence-corrected chi connectivity index (χ0v) is 21.3. The van der Waals surface area contributed by atoms with Gasteiger partial charge >= 0.3 is 0 Å². The second-order valence-corrected chi connectivity index (χ2v) is 10.5. The number of carbonyl (C=O) groups is 1. The van der Waals surface area contributed by atoms with E-state index in [-0.39, 0.29) is 28.9 Å².